The Kier molecular flexibility index (Phi) is 5.66. The Balaban J connectivity index is 2.81. The average Bonchev–Trinajstić information content (AvgIpc) is 2.33. The molecule has 0 fully saturated rings. The molecule has 0 bridgehead atoms. The number of hydrogen-bond donors (Lipinski definition) is 1. The average molecular weight is 314 g/mol. The van der Waals surface area contributed by atoms with Crippen LogP contribution in [0.3, 0.4) is 0 Å². The third kappa shape index (κ3) is 5.67. The van der Waals surface area contributed by atoms with Crippen LogP contribution in [0.5, 0.6) is 0 Å². The van der Waals surface area contributed by atoms with Gasteiger partial charge in [-0.2, -0.15) is 0 Å². The molecule has 1 heterocycles. The van der Waals surface area contributed by atoms with Crippen LogP contribution in [0.2, 0.25) is 5.15 Å². The summed E-state index contributed by atoms with van der Waals surface area (Å²) in [6.07, 6.45) is 2.53. The number of nitrogens with zero attached hydrogens (tertiary/aromatic N) is 2. The van der Waals surface area contributed by atoms with Crippen LogP contribution in [0.25, 0.3) is 0 Å². The lowest BCUT2D eigenvalue weighted by Gasteiger charge is -2.26. The molecule has 1 aromatic rings. The molecule has 0 aliphatic rings. The lowest BCUT2D eigenvalue weighted by molar-refractivity contribution is -0.158. The van der Waals surface area contributed by atoms with Crippen molar-refractivity contribution in [3.8, 4) is 0 Å². The molecule has 1 aromatic heterocycles. The number of ether oxygens (including phenoxy) is 1. The van der Waals surface area contributed by atoms with Gasteiger partial charge in [0, 0.05) is 0 Å². The summed E-state index contributed by atoms with van der Waals surface area (Å²) in [5.74, 6) is -1.10. The first-order valence-electron chi connectivity index (χ1n) is 6.61. The van der Waals surface area contributed by atoms with E-state index in [9.17, 15) is 9.59 Å². The van der Waals surface area contributed by atoms with Crippen molar-refractivity contribution in [1.29, 1.82) is 0 Å². The maximum absolute atomic E-state index is 12.1. The molecule has 0 radical (unpaired) electrons. The van der Waals surface area contributed by atoms with Crippen LogP contribution in [-0.2, 0) is 9.53 Å². The molecule has 7 heteroatoms. The van der Waals surface area contributed by atoms with E-state index in [2.05, 4.69) is 15.3 Å². The van der Waals surface area contributed by atoms with Gasteiger partial charge in [0.1, 0.15) is 22.5 Å². The van der Waals surface area contributed by atoms with Gasteiger partial charge in [-0.15, -0.1) is 0 Å². The zero-order valence-electron chi connectivity index (χ0n) is 12.8. The molecule has 6 nitrogen and oxygen atoms in total. The standard InChI is InChI=1S/C14H20ClN3O3/c1-8(2)11(13(20)21-14(3,4)5)18-12(19)9-6-17-10(15)7-16-9/h6-8,11H,1-5H3,(H,18,19)/t11-/m0/s1. The molecule has 0 spiro atoms. The van der Waals surface area contributed by atoms with E-state index >= 15 is 0 Å². The van der Waals surface area contributed by atoms with Gasteiger partial charge >= 0.3 is 5.97 Å². The predicted molar refractivity (Wildman–Crippen MR) is 79.0 cm³/mol. The molecule has 21 heavy (non-hydrogen) atoms. The molecule has 0 saturated heterocycles. The van der Waals surface area contributed by atoms with Crippen LogP contribution in [0.4, 0.5) is 0 Å². The monoisotopic (exact) mass is 313 g/mol. The van der Waals surface area contributed by atoms with Gasteiger partial charge in [0.15, 0.2) is 0 Å². The number of carbonyl (C=O) groups excluding carboxylic acids is 2. The number of carbonyl (C=O) groups is 2. The molecule has 0 unspecified atom stereocenters. The number of aromatic nitrogens is 2. The second-order valence-electron chi connectivity index (χ2n) is 5.95. The van der Waals surface area contributed by atoms with Crippen molar-refractivity contribution in [1.82, 2.24) is 15.3 Å². The first-order valence-corrected chi connectivity index (χ1v) is 6.99. The highest BCUT2D eigenvalue weighted by Crippen LogP contribution is 2.13. The molecule has 0 aliphatic carbocycles. The summed E-state index contributed by atoms with van der Waals surface area (Å²) in [5.41, 5.74) is -0.525. The minimum atomic E-state index is -0.755. The topological polar surface area (TPSA) is 81.2 Å². The SMILES string of the molecule is CC(C)[C@H](NC(=O)c1cnc(Cl)cn1)C(=O)OC(C)(C)C. The largest absolute Gasteiger partial charge is 0.458 e. The van der Waals surface area contributed by atoms with E-state index in [0.717, 1.165) is 0 Å². The number of amides is 1. The third-order valence-electron chi connectivity index (χ3n) is 2.47. The molecule has 1 N–H and O–H groups in total. The van der Waals surface area contributed by atoms with Gasteiger partial charge in [-0.05, 0) is 26.7 Å². The van der Waals surface area contributed by atoms with Crippen molar-refractivity contribution in [2.45, 2.75) is 46.3 Å². The number of rotatable bonds is 4. The minimum absolute atomic E-state index is 0.0913. The number of halogens is 1. The fourth-order valence-corrected chi connectivity index (χ4v) is 1.61. The van der Waals surface area contributed by atoms with Crippen LogP contribution in [0.1, 0.15) is 45.1 Å². The summed E-state index contributed by atoms with van der Waals surface area (Å²) >= 11 is 5.62. The molecular weight excluding hydrogens is 294 g/mol. The highest BCUT2D eigenvalue weighted by atomic mass is 35.5. The van der Waals surface area contributed by atoms with Gasteiger partial charge in [-0.25, -0.2) is 14.8 Å². The lowest BCUT2D eigenvalue weighted by Crippen LogP contribution is -2.47. The van der Waals surface area contributed by atoms with Crippen LogP contribution < -0.4 is 5.32 Å². The molecule has 1 amide bonds. The van der Waals surface area contributed by atoms with Gasteiger partial charge in [0.05, 0.1) is 12.4 Å². The van der Waals surface area contributed by atoms with E-state index in [4.69, 9.17) is 16.3 Å². The second-order valence-corrected chi connectivity index (χ2v) is 6.34. The Morgan fingerprint density at radius 2 is 1.86 bits per heavy atom. The summed E-state index contributed by atoms with van der Waals surface area (Å²) in [6, 6.07) is -0.755. The summed E-state index contributed by atoms with van der Waals surface area (Å²) in [4.78, 5) is 31.9. The van der Waals surface area contributed by atoms with Crippen LogP contribution >= 0.6 is 11.6 Å². The van der Waals surface area contributed by atoms with Crippen molar-refractivity contribution < 1.29 is 14.3 Å². The summed E-state index contributed by atoms with van der Waals surface area (Å²) < 4.78 is 5.31. The van der Waals surface area contributed by atoms with Crippen LogP contribution in [0.15, 0.2) is 12.4 Å². The number of hydrogen-bond acceptors (Lipinski definition) is 5. The Hall–Kier alpha value is -1.69. The normalized spacial score (nSPS) is 12.9. The van der Waals surface area contributed by atoms with E-state index in [1.54, 1.807) is 20.8 Å². The molecule has 1 atom stereocenters. The van der Waals surface area contributed by atoms with Crippen molar-refractivity contribution >= 4 is 23.5 Å². The first kappa shape index (κ1) is 17.4. The zero-order chi connectivity index (χ0) is 16.2. The minimum Gasteiger partial charge on any atom is -0.458 e. The van der Waals surface area contributed by atoms with E-state index in [1.165, 1.54) is 12.4 Å². The molecule has 116 valence electrons. The van der Waals surface area contributed by atoms with E-state index in [1.807, 2.05) is 13.8 Å². The van der Waals surface area contributed by atoms with E-state index < -0.39 is 23.5 Å². The predicted octanol–water partition coefficient (Wildman–Crippen LogP) is 2.23. The Labute approximate surface area is 129 Å². The second kappa shape index (κ2) is 6.85. The highest BCUT2D eigenvalue weighted by molar-refractivity contribution is 6.29. The summed E-state index contributed by atoms with van der Waals surface area (Å²) in [7, 11) is 0. The third-order valence-corrected chi connectivity index (χ3v) is 2.66. The highest BCUT2D eigenvalue weighted by Gasteiger charge is 2.29. The van der Waals surface area contributed by atoms with Crippen molar-refractivity contribution in [2.24, 2.45) is 5.92 Å². The lowest BCUT2D eigenvalue weighted by atomic mass is 10.0. The quantitative estimate of drug-likeness (QED) is 0.862. The van der Waals surface area contributed by atoms with Gasteiger partial charge in [0.2, 0.25) is 0 Å². The van der Waals surface area contributed by atoms with Gasteiger partial charge in [0.25, 0.3) is 5.91 Å². The molecule has 0 aliphatic heterocycles. The Morgan fingerprint density at radius 3 is 2.29 bits per heavy atom. The Morgan fingerprint density at radius 1 is 1.24 bits per heavy atom. The van der Waals surface area contributed by atoms with Crippen LogP contribution in [-0.4, -0.2) is 33.5 Å². The fourth-order valence-electron chi connectivity index (χ4n) is 1.51. The van der Waals surface area contributed by atoms with Gasteiger partial charge in [-0.1, -0.05) is 25.4 Å². The molecule has 0 saturated carbocycles. The maximum Gasteiger partial charge on any atom is 0.329 e. The summed E-state index contributed by atoms with van der Waals surface area (Å²) in [6.45, 7) is 8.96. The molecule has 1 rings (SSSR count). The maximum atomic E-state index is 12.1. The van der Waals surface area contributed by atoms with E-state index in [0.29, 0.717) is 0 Å². The fraction of sp³-hybridized carbons (Fsp3) is 0.571. The summed E-state index contributed by atoms with van der Waals surface area (Å²) in [5, 5.41) is 2.81. The Bertz CT molecular complexity index is 509. The van der Waals surface area contributed by atoms with Crippen molar-refractivity contribution in [3.05, 3.63) is 23.2 Å². The van der Waals surface area contributed by atoms with Gasteiger partial charge in [-0.3, -0.25) is 4.79 Å². The molecule has 0 aromatic carbocycles. The number of esters is 1. The first-order chi connectivity index (χ1) is 9.60. The van der Waals surface area contributed by atoms with Gasteiger partial charge < -0.3 is 10.1 Å². The van der Waals surface area contributed by atoms with Crippen LogP contribution in [0, 0.1) is 5.92 Å². The van der Waals surface area contributed by atoms with Crippen molar-refractivity contribution in [2.75, 3.05) is 0 Å². The number of nitrogens with one attached hydrogen (secondary N) is 1. The zero-order valence-corrected chi connectivity index (χ0v) is 13.6. The molecular formula is C14H20ClN3O3. The van der Waals surface area contributed by atoms with Crippen molar-refractivity contribution in [3.63, 3.8) is 0 Å². The smallest absolute Gasteiger partial charge is 0.329 e. The van der Waals surface area contributed by atoms with E-state index in [-0.39, 0.29) is 16.8 Å².